The van der Waals surface area contributed by atoms with Gasteiger partial charge in [-0.3, -0.25) is 14.6 Å². The average molecular weight is 414 g/mol. The van der Waals surface area contributed by atoms with Gasteiger partial charge in [0.25, 0.3) is 0 Å². The van der Waals surface area contributed by atoms with E-state index in [2.05, 4.69) is 34.2 Å². The highest BCUT2D eigenvalue weighted by Gasteiger charge is 2.21. The topological polar surface area (TPSA) is 44.8 Å². The number of carbonyl (C=O) groups excluding carboxylic acids is 1. The van der Waals surface area contributed by atoms with Crippen LogP contribution in [0.25, 0.3) is 0 Å². The molecule has 0 spiro atoms. The summed E-state index contributed by atoms with van der Waals surface area (Å²) in [7, 11) is 0. The van der Waals surface area contributed by atoms with Crippen molar-refractivity contribution in [2.24, 2.45) is 0 Å². The van der Waals surface area contributed by atoms with Crippen molar-refractivity contribution in [3.63, 3.8) is 0 Å². The maximum absolute atomic E-state index is 12.8. The van der Waals surface area contributed by atoms with E-state index in [0.717, 1.165) is 50.0 Å². The lowest BCUT2D eigenvalue weighted by atomic mass is 10.1. The SMILES string of the molecule is CSc1cccc(NC(=O)CN(Cc2ccccc2)C(C)CN2CCOCC2)c1. The summed E-state index contributed by atoms with van der Waals surface area (Å²) in [5.41, 5.74) is 2.07. The highest BCUT2D eigenvalue weighted by molar-refractivity contribution is 7.98. The molecule has 1 amide bonds. The number of morpholine rings is 1. The molecule has 1 aliphatic rings. The molecule has 1 atom stereocenters. The van der Waals surface area contributed by atoms with Crippen molar-refractivity contribution in [1.29, 1.82) is 0 Å². The van der Waals surface area contributed by atoms with Gasteiger partial charge in [0.1, 0.15) is 0 Å². The Kier molecular flexibility index (Phi) is 8.55. The number of hydrogen-bond donors (Lipinski definition) is 1. The van der Waals surface area contributed by atoms with Crippen LogP contribution in [0.2, 0.25) is 0 Å². The standard InChI is InChI=1S/C23H31N3O2S/c1-19(16-25-11-13-28-14-12-25)26(17-20-7-4-3-5-8-20)18-23(27)24-21-9-6-10-22(15-21)29-2/h3-10,15,19H,11-14,16-18H2,1-2H3,(H,24,27). The van der Waals surface area contributed by atoms with E-state index in [4.69, 9.17) is 4.74 Å². The van der Waals surface area contributed by atoms with E-state index in [9.17, 15) is 4.79 Å². The monoisotopic (exact) mass is 413 g/mol. The zero-order valence-electron chi connectivity index (χ0n) is 17.3. The molecule has 2 aromatic rings. The van der Waals surface area contributed by atoms with E-state index in [-0.39, 0.29) is 11.9 Å². The number of ether oxygens (including phenoxy) is 1. The summed E-state index contributed by atoms with van der Waals surface area (Å²) in [4.78, 5) is 18.6. The van der Waals surface area contributed by atoms with Gasteiger partial charge in [0, 0.05) is 42.8 Å². The number of benzene rings is 2. The minimum absolute atomic E-state index is 0.0213. The van der Waals surface area contributed by atoms with E-state index in [1.807, 2.05) is 48.7 Å². The van der Waals surface area contributed by atoms with E-state index < -0.39 is 0 Å². The number of nitrogens with one attached hydrogen (secondary N) is 1. The summed E-state index contributed by atoms with van der Waals surface area (Å²) in [5, 5.41) is 3.06. The van der Waals surface area contributed by atoms with Crippen LogP contribution in [0.3, 0.4) is 0 Å². The van der Waals surface area contributed by atoms with Crippen LogP contribution in [0.15, 0.2) is 59.5 Å². The molecule has 1 fully saturated rings. The lowest BCUT2D eigenvalue weighted by Crippen LogP contribution is -2.47. The molecule has 156 valence electrons. The molecule has 1 heterocycles. The maximum atomic E-state index is 12.8. The van der Waals surface area contributed by atoms with E-state index in [0.29, 0.717) is 6.54 Å². The Hall–Kier alpha value is -1.86. The van der Waals surface area contributed by atoms with Crippen LogP contribution in [0.5, 0.6) is 0 Å². The van der Waals surface area contributed by atoms with Crippen LogP contribution in [-0.4, -0.2) is 67.4 Å². The highest BCUT2D eigenvalue weighted by atomic mass is 32.2. The second-order valence-electron chi connectivity index (χ2n) is 7.43. The van der Waals surface area contributed by atoms with Crippen LogP contribution in [0, 0.1) is 0 Å². The Morgan fingerprint density at radius 3 is 2.66 bits per heavy atom. The van der Waals surface area contributed by atoms with Crippen molar-refractivity contribution < 1.29 is 9.53 Å². The molecular weight excluding hydrogens is 382 g/mol. The Labute approximate surface area is 178 Å². The predicted molar refractivity (Wildman–Crippen MR) is 120 cm³/mol. The molecule has 6 heteroatoms. The zero-order chi connectivity index (χ0) is 20.5. The van der Waals surface area contributed by atoms with Crippen LogP contribution < -0.4 is 5.32 Å². The zero-order valence-corrected chi connectivity index (χ0v) is 18.2. The molecule has 1 aliphatic heterocycles. The number of anilines is 1. The van der Waals surface area contributed by atoms with Gasteiger partial charge in [0.2, 0.25) is 5.91 Å². The van der Waals surface area contributed by atoms with Gasteiger partial charge in [0.05, 0.1) is 19.8 Å². The minimum Gasteiger partial charge on any atom is -0.379 e. The molecular formula is C23H31N3O2S. The molecule has 0 saturated carbocycles. The van der Waals surface area contributed by atoms with Gasteiger partial charge in [0.15, 0.2) is 0 Å². The number of hydrogen-bond acceptors (Lipinski definition) is 5. The first-order chi connectivity index (χ1) is 14.1. The number of nitrogens with zero attached hydrogens (tertiary/aromatic N) is 2. The largest absolute Gasteiger partial charge is 0.379 e. The normalized spacial score (nSPS) is 16.0. The highest BCUT2D eigenvalue weighted by Crippen LogP contribution is 2.19. The minimum atomic E-state index is 0.0213. The van der Waals surface area contributed by atoms with E-state index in [1.54, 1.807) is 11.8 Å². The fourth-order valence-electron chi connectivity index (χ4n) is 3.54. The molecule has 1 saturated heterocycles. The molecule has 3 rings (SSSR count). The summed E-state index contributed by atoms with van der Waals surface area (Å²) in [6.07, 6.45) is 2.04. The molecule has 2 aromatic carbocycles. The number of thioether (sulfide) groups is 1. The summed E-state index contributed by atoms with van der Waals surface area (Å²) in [6.45, 7) is 7.75. The summed E-state index contributed by atoms with van der Waals surface area (Å²) >= 11 is 1.67. The van der Waals surface area contributed by atoms with Crippen LogP contribution in [0.4, 0.5) is 5.69 Å². The Morgan fingerprint density at radius 1 is 1.17 bits per heavy atom. The van der Waals surface area contributed by atoms with Crippen LogP contribution >= 0.6 is 11.8 Å². The Balaban J connectivity index is 1.65. The van der Waals surface area contributed by atoms with Crippen LogP contribution in [0.1, 0.15) is 12.5 Å². The molecule has 0 bridgehead atoms. The molecule has 29 heavy (non-hydrogen) atoms. The van der Waals surface area contributed by atoms with Crippen molar-refractivity contribution in [1.82, 2.24) is 9.80 Å². The fourth-order valence-corrected chi connectivity index (χ4v) is 4.00. The first kappa shape index (κ1) is 21.8. The number of amides is 1. The van der Waals surface area contributed by atoms with Gasteiger partial charge in [-0.1, -0.05) is 36.4 Å². The van der Waals surface area contributed by atoms with Crippen molar-refractivity contribution in [2.45, 2.75) is 24.4 Å². The predicted octanol–water partition coefficient (Wildman–Crippen LogP) is 3.57. The molecule has 1 unspecified atom stereocenters. The first-order valence-electron chi connectivity index (χ1n) is 10.2. The molecule has 0 aromatic heterocycles. The average Bonchev–Trinajstić information content (AvgIpc) is 2.75. The Bertz CT molecular complexity index is 766. The third-order valence-corrected chi connectivity index (χ3v) is 5.90. The van der Waals surface area contributed by atoms with Gasteiger partial charge >= 0.3 is 0 Å². The van der Waals surface area contributed by atoms with E-state index >= 15 is 0 Å². The van der Waals surface area contributed by atoms with Gasteiger partial charge in [-0.05, 0) is 36.9 Å². The quantitative estimate of drug-likeness (QED) is 0.637. The second kappa shape index (κ2) is 11.4. The van der Waals surface area contributed by atoms with Crippen molar-refractivity contribution in [3.8, 4) is 0 Å². The van der Waals surface area contributed by atoms with Crippen molar-refractivity contribution in [3.05, 3.63) is 60.2 Å². The third-order valence-electron chi connectivity index (χ3n) is 5.18. The van der Waals surface area contributed by atoms with Crippen LogP contribution in [-0.2, 0) is 16.1 Å². The maximum Gasteiger partial charge on any atom is 0.238 e. The smallest absolute Gasteiger partial charge is 0.238 e. The molecule has 0 radical (unpaired) electrons. The fraction of sp³-hybridized carbons (Fsp3) is 0.435. The summed E-state index contributed by atoms with van der Waals surface area (Å²) in [5.74, 6) is 0.0213. The summed E-state index contributed by atoms with van der Waals surface area (Å²) < 4.78 is 5.47. The summed E-state index contributed by atoms with van der Waals surface area (Å²) in [6, 6.07) is 18.6. The second-order valence-corrected chi connectivity index (χ2v) is 8.31. The van der Waals surface area contributed by atoms with Gasteiger partial charge in [-0.25, -0.2) is 0 Å². The number of rotatable bonds is 9. The van der Waals surface area contributed by atoms with E-state index in [1.165, 1.54) is 5.56 Å². The first-order valence-corrected chi connectivity index (χ1v) is 11.4. The van der Waals surface area contributed by atoms with Gasteiger partial charge < -0.3 is 10.1 Å². The molecule has 5 nitrogen and oxygen atoms in total. The van der Waals surface area contributed by atoms with Gasteiger partial charge in [-0.15, -0.1) is 11.8 Å². The lowest BCUT2D eigenvalue weighted by molar-refractivity contribution is -0.118. The Morgan fingerprint density at radius 2 is 1.93 bits per heavy atom. The van der Waals surface area contributed by atoms with Crippen molar-refractivity contribution >= 4 is 23.4 Å². The third kappa shape index (κ3) is 7.16. The molecule has 0 aliphatic carbocycles. The van der Waals surface area contributed by atoms with Gasteiger partial charge in [-0.2, -0.15) is 0 Å². The molecule has 1 N–H and O–H groups in total. The lowest BCUT2D eigenvalue weighted by Gasteiger charge is -2.34. The van der Waals surface area contributed by atoms with Crippen molar-refractivity contribution in [2.75, 3.05) is 51.0 Å². The number of carbonyl (C=O) groups is 1.